The van der Waals surface area contributed by atoms with Crippen LogP contribution in [0.5, 0.6) is 0 Å². The van der Waals surface area contributed by atoms with E-state index in [1.165, 1.54) is 6.92 Å². The molecule has 0 aliphatic carbocycles. The van der Waals surface area contributed by atoms with Crippen molar-refractivity contribution in [1.29, 1.82) is 0 Å². The second-order valence-electron chi connectivity index (χ2n) is 18.9. The zero-order chi connectivity index (χ0) is 52.3. The molecule has 406 valence electrons. The summed E-state index contributed by atoms with van der Waals surface area (Å²) >= 11 is 0. The number of rotatable bonds is 44. The number of aliphatic hydroxyl groups is 4. The number of methoxy groups -OCH3 is 1. The second-order valence-corrected chi connectivity index (χ2v) is 18.9. The van der Waals surface area contributed by atoms with E-state index in [9.17, 15) is 49.2 Å². The SMILES string of the molecule is CCCC(=O)CCC(CCC(=O)CCC)(CCC(=O)CCCOCCOCCOCCOC1OC(CO)C(O)C(O)C1NC(C)=O)CC(=O)CCCCCCCCC(=O)Nc1cc(CO)cc(COC)c1. The highest BCUT2D eigenvalue weighted by atomic mass is 16.7. The fourth-order valence-corrected chi connectivity index (χ4v) is 8.76. The molecular formula is C53H88N2O16. The fourth-order valence-electron chi connectivity index (χ4n) is 8.76. The molecule has 18 nitrogen and oxygen atoms in total. The molecule has 2 rings (SSSR count). The average Bonchev–Trinajstić information content (AvgIpc) is 3.33. The Labute approximate surface area is 422 Å². The van der Waals surface area contributed by atoms with Gasteiger partial charge in [-0.3, -0.25) is 28.8 Å². The van der Waals surface area contributed by atoms with Crippen molar-refractivity contribution >= 4 is 40.6 Å². The van der Waals surface area contributed by atoms with Gasteiger partial charge in [0.25, 0.3) is 0 Å². The molecule has 1 aliphatic heterocycles. The molecule has 1 heterocycles. The number of carbonyl (C=O) groups excluding carboxylic acids is 6. The third-order valence-corrected chi connectivity index (χ3v) is 12.6. The summed E-state index contributed by atoms with van der Waals surface area (Å²) in [6.07, 6.45) is 6.64. The summed E-state index contributed by atoms with van der Waals surface area (Å²) in [5.41, 5.74) is 1.60. The first kappa shape index (κ1) is 63.6. The van der Waals surface area contributed by atoms with Gasteiger partial charge < -0.3 is 59.5 Å². The van der Waals surface area contributed by atoms with Crippen LogP contribution in [0.3, 0.4) is 0 Å². The number of ketones is 4. The fraction of sp³-hybridized carbons (Fsp3) is 0.774. The summed E-state index contributed by atoms with van der Waals surface area (Å²) in [6.45, 7) is 6.65. The minimum atomic E-state index is -1.40. The predicted octanol–water partition coefficient (Wildman–Crippen LogP) is 5.77. The topological polar surface area (TPSA) is 263 Å². The van der Waals surface area contributed by atoms with Crippen LogP contribution in [-0.4, -0.2) is 146 Å². The molecule has 1 aromatic rings. The van der Waals surface area contributed by atoms with E-state index in [4.69, 9.17) is 28.4 Å². The number of amides is 2. The van der Waals surface area contributed by atoms with Crippen LogP contribution in [0.15, 0.2) is 18.2 Å². The lowest BCUT2D eigenvalue weighted by atomic mass is 9.70. The third kappa shape index (κ3) is 27.9. The molecule has 5 atom stereocenters. The molecule has 1 saturated heterocycles. The van der Waals surface area contributed by atoms with E-state index in [0.717, 1.165) is 56.9 Å². The predicted molar refractivity (Wildman–Crippen MR) is 266 cm³/mol. The number of carbonyl (C=O) groups is 6. The first-order valence-corrected chi connectivity index (χ1v) is 26.0. The van der Waals surface area contributed by atoms with Crippen LogP contribution in [0.25, 0.3) is 0 Å². The Morgan fingerprint density at radius 3 is 1.69 bits per heavy atom. The summed E-state index contributed by atoms with van der Waals surface area (Å²) in [4.78, 5) is 76.6. The van der Waals surface area contributed by atoms with Gasteiger partial charge in [0, 0.05) is 84.1 Å². The van der Waals surface area contributed by atoms with Gasteiger partial charge in [0.05, 0.1) is 59.5 Å². The minimum absolute atomic E-state index is 0.0508. The monoisotopic (exact) mass is 1010 g/mol. The molecule has 5 unspecified atom stereocenters. The quantitative estimate of drug-likeness (QED) is 0.0424. The standard InChI is InChI=1S/C53H88N2O16/c1-5-14-43(59)19-22-53(23-20-44(60)15-6-2,35-46(62)16-11-9-7-8-10-12-18-48(63)55-42-33-40(36-56)32-41(34-42)38-66-4)24-21-45(61)17-13-25-67-26-27-68-28-29-69-30-31-70-52-49(54-39(3)58)51(65)50(64)47(37-57)71-52/h32-34,47,49-52,56-57,64-65H,5-31,35-38H2,1-4H3,(H,54,58)(H,55,63). The van der Waals surface area contributed by atoms with Crippen LogP contribution >= 0.6 is 0 Å². The maximum Gasteiger partial charge on any atom is 0.224 e. The molecule has 2 amide bonds. The van der Waals surface area contributed by atoms with Crippen LogP contribution in [-0.2, 0) is 70.4 Å². The number of Topliss-reactive ketones (excluding diaryl/α,β-unsaturated/α-hetero) is 4. The third-order valence-electron chi connectivity index (χ3n) is 12.6. The summed E-state index contributed by atoms with van der Waals surface area (Å²) in [6, 6.07) is 4.41. The lowest BCUT2D eigenvalue weighted by Gasteiger charge is -2.42. The Morgan fingerprint density at radius 2 is 1.14 bits per heavy atom. The minimum Gasteiger partial charge on any atom is -0.394 e. The van der Waals surface area contributed by atoms with E-state index in [1.807, 2.05) is 26.0 Å². The Balaban J connectivity index is 1.74. The zero-order valence-corrected chi connectivity index (χ0v) is 43.2. The van der Waals surface area contributed by atoms with Crippen LogP contribution in [0.4, 0.5) is 5.69 Å². The molecule has 0 bridgehead atoms. The van der Waals surface area contributed by atoms with Gasteiger partial charge in [0.2, 0.25) is 11.8 Å². The van der Waals surface area contributed by atoms with Crippen LogP contribution in [0.1, 0.15) is 167 Å². The van der Waals surface area contributed by atoms with Gasteiger partial charge in [-0.05, 0) is 80.0 Å². The van der Waals surface area contributed by atoms with Crippen LogP contribution < -0.4 is 10.6 Å². The summed E-state index contributed by atoms with van der Waals surface area (Å²) in [5.74, 6) is -0.120. The Bertz CT molecular complexity index is 1670. The molecule has 71 heavy (non-hydrogen) atoms. The van der Waals surface area contributed by atoms with Crippen molar-refractivity contribution in [2.24, 2.45) is 5.41 Å². The van der Waals surface area contributed by atoms with Gasteiger partial charge >= 0.3 is 0 Å². The molecule has 1 aromatic carbocycles. The van der Waals surface area contributed by atoms with Gasteiger partial charge in [-0.2, -0.15) is 0 Å². The molecule has 1 aliphatic rings. The number of benzene rings is 1. The van der Waals surface area contributed by atoms with Gasteiger partial charge in [-0.1, -0.05) is 45.6 Å². The van der Waals surface area contributed by atoms with E-state index < -0.39 is 48.6 Å². The maximum absolute atomic E-state index is 13.6. The number of unbranched alkanes of at least 4 members (excludes halogenated alkanes) is 5. The smallest absolute Gasteiger partial charge is 0.224 e. The summed E-state index contributed by atoms with van der Waals surface area (Å²) < 4.78 is 33.1. The van der Waals surface area contributed by atoms with E-state index in [-0.39, 0.29) is 74.9 Å². The van der Waals surface area contributed by atoms with Gasteiger partial charge in [-0.25, -0.2) is 0 Å². The van der Waals surface area contributed by atoms with Gasteiger partial charge in [0.1, 0.15) is 47.5 Å². The summed E-state index contributed by atoms with van der Waals surface area (Å²) in [5, 5.41) is 45.0. The van der Waals surface area contributed by atoms with Crippen molar-refractivity contribution in [3.05, 3.63) is 29.3 Å². The largest absolute Gasteiger partial charge is 0.394 e. The number of hydrogen-bond donors (Lipinski definition) is 6. The number of ether oxygens (including phenoxy) is 6. The molecular weight excluding hydrogens is 921 g/mol. The lowest BCUT2D eigenvalue weighted by molar-refractivity contribution is -0.272. The van der Waals surface area contributed by atoms with Crippen molar-refractivity contribution in [3.63, 3.8) is 0 Å². The van der Waals surface area contributed by atoms with Gasteiger partial charge in [-0.15, -0.1) is 0 Å². The number of anilines is 1. The molecule has 1 fully saturated rings. The van der Waals surface area contributed by atoms with Gasteiger partial charge in [0.15, 0.2) is 6.29 Å². The molecule has 0 saturated carbocycles. The Kier molecular flexibility index (Phi) is 34.1. The number of aliphatic hydroxyl groups excluding tert-OH is 4. The first-order chi connectivity index (χ1) is 34.2. The highest BCUT2D eigenvalue weighted by Gasteiger charge is 2.45. The van der Waals surface area contributed by atoms with E-state index in [0.29, 0.717) is 108 Å². The normalized spacial score (nSPS) is 18.1. The van der Waals surface area contributed by atoms with Crippen molar-refractivity contribution < 1.29 is 77.6 Å². The van der Waals surface area contributed by atoms with Crippen molar-refractivity contribution in [2.75, 3.05) is 65.3 Å². The maximum atomic E-state index is 13.6. The molecule has 0 spiro atoms. The second kappa shape index (κ2) is 38.1. The first-order valence-electron chi connectivity index (χ1n) is 26.0. The van der Waals surface area contributed by atoms with E-state index >= 15 is 0 Å². The molecule has 0 radical (unpaired) electrons. The highest BCUT2D eigenvalue weighted by Crippen LogP contribution is 2.40. The average molecular weight is 1010 g/mol. The summed E-state index contributed by atoms with van der Waals surface area (Å²) in [7, 11) is 1.59. The molecule has 18 heteroatoms. The highest BCUT2D eigenvalue weighted by molar-refractivity contribution is 5.90. The zero-order valence-electron chi connectivity index (χ0n) is 43.2. The van der Waals surface area contributed by atoms with E-state index in [2.05, 4.69) is 10.6 Å². The Morgan fingerprint density at radius 1 is 0.620 bits per heavy atom. The molecule has 0 aromatic heterocycles. The molecule has 6 N–H and O–H groups in total. The van der Waals surface area contributed by atoms with Crippen molar-refractivity contribution in [2.45, 2.75) is 199 Å². The van der Waals surface area contributed by atoms with Crippen LogP contribution in [0.2, 0.25) is 0 Å². The van der Waals surface area contributed by atoms with E-state index in [1.54, 1.807) is 13.2 Å². The Hall–Kier alpha value is -3.56. The van der Waals surface area contributed by atoms with Crippen molar-refractivity contribution in [1.82, 2.24) is 5.32 Å². The van der Waals surface area contributed by atoms with Crippen molar-refractivity contribution in [3.8, 4) is 0 Å². The lowest BCUT2D eigenvalue weighted by Crippen LogP contribution is -2.64. The number of hydrogen-bond acceptors (Lipinski definition) is 16. The number of nitrogens with one attached hydrogen (secondary N) is 2. The van der Waals surface area contributed by atoms with Crippen LogP contribution in [0, 0.1) is 5.41 Å².